The van der Waals surface area contributed by atoms with Gasteiger partial charge in [-0.1, -0.05) is 48.5 Å². The first-order valence-corrected chi connectivity index (χ1v) is 8.31. The molecule has 0 fully saturated rings. The van der Waals surface area contributed by atoms with Crippen molar-refractivity contribution in [2.24, 2.45) is 5.10 Å². The van der Waals surface area contributed by atoms with Gasteiger partial charge in [0.2, 0.25) is 0 Å². The molecule has 0 aliphatic rings. The van der Waals surface area contributed by atoms with Gasteiger partial charge in [-0.2, -0.15) is 5.10 Å². The quantitative estimate of drug-likeness (QED) is 0.418. The first-order chi connectivity index (χ1) is 12.2. The third-order valence-electron chi connectivity index (χ3n) is 3.71. The van der Waals surface area contributed by atoms with Crippen LogP contribution in [0.15, 0.2) is 78.0 Å². The van der Waals surface area contributed by atoms with Crippen LogP contribution in [0.5, 0.6) is 0 Å². The lowest BCUT2D eigenvalue weighted by Crippen LogP contribution is -2.23. The second-order valence-electron chi connectivity index (χ2n) is 5.42. The SMILES string of the molecule is Cc1c(-c2ccccc2)ccnc1C=NNC(=S)Nc1ccccc1. The maximum absolute atomic E-state index is 5.23. The molecule has 1 aromatic heterocycles. The summed E-state index contributed by atoms with van der Waals surface area (Å²) in [7, 11) is 0. The van der Waals surface area contributed by atoms with Crippen LogP contribution in [0.3, 0.4) is 0 Å². The summed E-state index contributed by atoms with van der Waals surface area (Å²) in [5, 5.41) is 7.69. The molecule has 3 rings (SSSR count). The minimum absolute atomic E-state index is 0.430. The van der Waals surface area contributed by atoms with Gasteiger partial charge in [0.25, 0.3) is 0 Å². The van der Waals surface area contributed by atoms with Crippen LogP contribution in [0.1, 0.15) is 11.3 Å². The standard InChI is InChI=1S/C20H18N4S/c1-15-18(16-8-4-2-5-9-16)12-13-21-19(15)14-22-24-20(25)23-17-10-6-3-7-11-17/h2-14H,1H3,(H2,23,24,25). The van der Waals surface area contributed by atoms with Gasteiger partial charge in [0.1, 0.15) is 0 Å². The Morgan fingerprint density at radius 2 is 1.68 bits per heavy atom. The van der Waals surface area contributed by atoms with Crippen LogP contribution in [-0.4, -0.2) is 16.3 Å². The van der Waals surface area contributed by atoms with Gasteiger partial charge in [-0.15, -0.1) is 0 Å². The van der Waals surface area contributed by atoms with Crippen LogP contribution in [-0.2, 0) is 0 Å². The fourth-order valence-electron chi connectivity index (χ4n) is 2.45. The third kappa shape index (κ3) is 4.49. The smallest absolute Gasteiger partial charge is 0.191 e. The van der Waals surface area contributed by atoms with Gasteiger partial charge in [0.15, 0.2) is 5.11 Å². The molecule has 0 spiro atoms. The van der Waals surface area contributed by atoms with E-state index in [9.17, 15) is 0 Å². The fraction of sp³-hybridized carbons (Fsp3) is 0.0500. The number of pyridine rings is 1. The van der Waals surface area contributed by atoms with Gasteiger partial charge in [0.05, 0.1) is 11.9 Å². The molecule has 0 radical (unpaired) electrons. The molecule has 25 heavy (non-hydrogen) atoms. The summed E-state index contributed by atoms with van der Waals surface area (Å²) >= 11 is 5.23. The Hall–Kier alpha value is -3.05. The van der Waals surface area contributed by atoms with Crippen LogP contribution in [0.4, 0.5) is 5.69 Å². The number of hydrogen-bond donors (Lipinski definition) is 2. The zero-order chi connectivity index (χ0) is 17.5. The lowest BCUT2D eigenvalue weighted by Gasteiger charge is -2.08. The van der Waals surface area contributed by atoms with E-state index in [4.69, 9.17) is 12.2 Å². The fourth-order valence-corrected chi connectivity index (χ4v) is 2.62. The monoisotopic (exact) mass is 346 g/mol. The second-order valence-corrected chi connectivity index (χ2v) is 5.83. The number of anilines is 1. The Kier molecular flexibility index (Phi) is 5.49. The normalized spacial score (nSPS) is 10.6. The van der Waals surface area contributed by atoms with Crippen molar-refractivity contribution in [1.82, 2.24) is 10.4 Å². The number of rotatable bonds is 4. The van der Waals surface area contributed by atoms with Crippen LogP contribution in [0.25, 0.3) is 11.1 Å². The van der Waals surface area contributed by atoms with Crippen molar-refractivity contribution in [2.75, 3.05) is 5.32 Å². The largest absolute Gasteiger partial charge is 0.331 e. The van der Waals surface area contributed by atoms with Gasteiger partial charge in [-0.3, -0.25) is 10.4 Å². The molecule has 3 aromatic rings. The molecule has 0 bridgehead atoms. The molecule has 0 unspecified atom stereocenters. The molecule has 2 N–H and O–H groups in total. The molecule has 4 nitrogen and oxygen atoms in total. The number of nitrogens with zero attached hydrogens (tertiary/aromatic N) is 2. The van der Waals surface area contributed by atoms with E-state index < -0.39 is 0 Å². The Bertz CT molecular complexity index is 877. The van der Waals surface area contributed by atoms with Crippen molar-refractivity contribution in [2.45, 2.75) is 6.92 Å². The highest BCUT2D eigenvalue weighted by molar-refractivity contribution is 7.80. The highest BCUT2D eigenvalue weighted by Gasteiger charge is 2.05. The van der Waals surface area contributed by atoms with Crippen molar-refractivity contribution in [3.05, 3.63) is 84.2 Å². The number of hydrogen-bond acceptors (Lipinski definition) is 3. The number of nitrogens with one attached hydrogen (secondary N) is 2. The van der Waals surface area contributed by atoms with Crippen molar-refractivity contribution >= 4 is 29.2 Å². The highest BCUT2D eigenvalue weighted by atomic mass is 32.1. The third-order valence-corrected chi connectivity index (χ3v) is 3.91. The molecular weight excluding hydrogens is 328 g/mol. The molecule has 0 saturated heterocycles. The van der Waals surface area contributed by atoms with Gasteiger partial charge < -0.3 is 5.32 Å². The summed E-state index contributed by atoms with van der Waals surface area (Å²) in [4.78, 5) is 4.39. The van der Waals surface area contributed by atoms with Gasteiger partial charge in [0, 0.05) is 11.9 Å². The molecule has 0 atom stereocenters. The van der Waals surface area contributed by atoms with Crippen molar-refractivity contribution in [3.63, 3.8) is 0 Å². The molecule has 0 amide bonds. The van der Waals surface area contributed by atoms with Crippen LogP contribution in [0.2, 0.25) is 0 Å². The van der Waals surface area contributed by atoms with E-state index in [0.29, 0.717) is 5.11 Å². The molecule has 0 aliphatic heterocycles. The van der Waals surface area contributed by atoms with Crippen molar-refractivity contribution in [3.8, 4) is 11.1 Å². The Labute approximate surface area is 152 Å². The summed E-state index contributed by atoms with van der Waals surface area (Å²) in [5.74, 6) is 0. The van der Waals surface area contributed by atoms with E-state index in [0.717, 1.165) is 28.1 Å². The summed E-state index contributed by atoms with van der Waals surface area (Å²) < 4.78 is 0. The van der Waals surface area contributed by atoms with E-state index in [-0.39, 0.29) is 0 Å². The zero-order valence-electron chi connectivity index (χ0n) is 13.8. The first-order valence-electron chi connectivity index (χ1n) is 7.90. The molecule has 124 valence electrons. The summed E-state index contributed by atoms with van der Waals surface area (Å²) in [6.45, 7) is 2.04. The van der Waals surface area contributed by atoms with Gasteiger partial charge in [-0.25, -0.2) is 0 Å². The molecular formula is C20H18N4S. The average Bonchev–Trinajstić information content (AvgIpc) is 2.65. The lowest BCUT2D eigenvalue weighted by atomic mass is 10.0. The average molecular weight is 346 g/mol. The minimum atomic E-state index is 0.430. The van der Waals surface area contributed by atoms with Crippen LogP contribution < -0.4 is 10.7 Å². The van der Waals surface area contributed by atoms with E-state index in [1.807, 2.05) is 61.5 Å². The highest BCUT2D eigenvalue weighted by Crippen LogP contribution is 2.23. The molecule has 2 aromatic carbocycles. The van der Waals surface area contributed by atoms with E-state index in [2.05, 4.69) is 33.0 Å². The minimum Gasteiger partial charge on any atom is -0.331 e. The maximum atomic E-state index is 5.23. The van der Waals surface area contributed by atoms with Crippen molar-refractivity contribution in [1.29, 1.82) is 0 Å². The van der Waals surface area contributed by atoms with E-state index >= 15 is 0 Å². The van der Waals surface area contributed by atoms with Gasteiger partial charge in [-0.05, 0) is 54.0 Å². The summed E-state index contributed by atoms with van der Waals surface area (Å²) in [6, 6.07) is 21.9. The first kappa shape index (κ1) is 16.8. The molecule has 1 heterocycles. The van der Waals surface area contributed by atoms with Crippen LogP contribution in [0, 0.1) is 6.92 Å². The second kappa shape index (κ2) is 8.17. The molecule has 0 saturated carbocycles. The molecule has 5 heteroatoms. The number of aromatic nitrogens is 1. The predicted octanol–water partition coefficient (Wildman–Crippen LogP) is 4.38. The Balaban J connectivity index is 1.69. The Morgan fingerprint density at radius 1 is 1.00 bits per heavy atom. The van der Waals surface area contributed by atoms with Gasteiger partial charge >= 0.3 is 0 Å². The zero-order valence-corrected chi connectivity index (χ0v) is 14.6. The predicted molar refractivity (Wildman–Crippen MR) is 108 cm³/mol. The topological polar surface area (TPSA) is 49.3 Å². The molecule has 0 aliphatic carbocycles. The van der Waals surface area contributed by atoms with Crippen LogP contribution >= 0.6 is 12.2 Å². The summed E-state index contributed by atoms with van der Waals surface area (Å²) in [5.41, 5.74) is 7.90. The number of para-hydroxylation sites is 1. The van der Waals surface area contributed by atoms with E-state index in [1.54, 1.807) is 12.4 Å². The van der Waals surface area contributed by atoms with Crippen molar-refractivity contribution < 1.29 is 0 Å². The number of thiocarbonyl (C=S) groups is 1. The number of benzene rings is 2. The number of hydrazone groups is 1. The Morgan fingerprint density at radius 3 is 2.40 bits per heavy atom. The van der Waals surface area contributed by atoms with E-state index in [1.165, 1.54) is 0 Å². The maximum Gasteiger partial charge on any atom is 0.191 e. The lowest BCUT2D eigenvalue weighted by molar-refractivity contribution is 1.05. The summed E-state index contributed by atoms with van der Waals surface area (Å²) in [6.07, 6.45) is 3.47.